The average molecular weight is 479 g/mol. The number of hydrogen-bond acceptors (Lipinski definition) is 6. The standard InChI is InChI=1S/C29H22N2O5/c32-27(20-8-9-23-24(16-20)36-15-14-35-23)25-26(22-7-3-5-19-4-1-2-6-21(19)22)31(29(34)28(25)33)17-18-10-12-30-13-11-18/h1-13,16,26,32H,14-15,17H2. The topological polar surface area (TPSA) is 89.0 Å². The number of aromatic nitrogens is 1. The Morgan fingerprint density at radius 1 is 0.917 bits per heavy atom. The quantitative estimate of drug-likeness (QED) is 0.261. The summed E-state index contributed by atoms with van der Waals surface area (Å²) in [5.41, 5.74) is 2.02. The predicted octanol–water partition coefficient (Wildman–Crippen LogP) is 4.63. The lowest BCUT2D eigenvalue weighted by molar-refractivity contribution is -0.140. The van der Waals surface area contributed by atoms with E-state index < -0.39 is 17.7 Å². The van der Waals surface area contributed by atoms with Gasteiger partial charge in [0, 0.05) is 24.5 Å². The van der Waals surface area contributed by atoms with Gasteiger partial charge in [-0.2, -0.15) is 0 Å². The molecule has 0 bridgehead atoms. The number of likely N-dealkylation sites (tertiary alicyclic amines) is 1. The Morgan fingerprint density at radius 3 is 2.50 bits per heavy atom. The van der Waals surface area contributed by atoms with E-state index in [4.69, 9.17) is 9.47 Å². The Morgan fingerprint density at radius 2 is 1.67 bits per heavy atom. The van der Waals surface area contributed by atoms with E-state index in [0.717, 1.165) is 21.9 Å². The fraction of sp³-hybridized carbons (Fsp3) is 0.138. The molecule has 178 valence electrons. The van der Waals surface area contributed by atoms with E-state index in [-0.39, 0.29) is 17.9 Å². The van der Waals surface area contributed by atoms with Crippen molar-refractivity contribution in [3.8, 4) is 11.5 Å². The number of benzene rings is 3. The Hall–Kier alpha value is -4.65. The molecule has 1 amide bonds. The number of rotatable bonds is 4. The van der Waals surface area contributed by atoms with Gasteiger partial charge >= 0.3 is 0 Å². The van der Waals surface area contributed by atoms with Gasteiger partial charge in [-0.1, -0.05) is 42.5 Å². The minimum atomic E-state index is -0.780. The largest absolute Gasteiger partial charge is 0.507 e. The first-order chi connectivity index (χ1) is 17.6. The summed E-state index contributed by atoms with van der Waals surface area (Å²) >= 11 is 0. The van der Waals surface area contributed by atoms with Crippen LogP contribution in [0.15, 0.2) is 90.8 Å². The van der Waals surface area contributed by atoms with Crippen molar-refractivity contribution in [3.63, 3.8) is 0 Å². The molecule has 36 heavy (non-hydrogen) atoms. The molecule has 3 aromatic carbocycles. The Kier molecular flexibility index (Phi) is 5.37. The van der Waals surface area contributed by atoms with Crippen LogP contribution in [0.1, 0.15) is 22.7 Å². The SMILES string of the molecule is O=C1C(=O)N(Cc2ccncc2)C(c2cccc3ccccc23)C1=C(O)c1ccc2c(c1)OCCO2. The number of amides is 1. The minimum absolute atomic E-state index is 0.0436. The highest BCUT2D eigenvalue weighted by Crippen LogP contribution is 2.43. The van der Waals surface area contributed by atoms with Gasteiger partial charge in [-0.15, -0.1) is 0 Å². The number of ether oxygens (including phenoxy) is 2. The van der Waals surface area contributed by atoms with Gasteiger partial charge in [0.15, 0.2) is 11.5 Å². The summed E-state index contributed by atoms with van der Waals surface area (Å²) < 4.78 is 11.3. The molecule has 0 radical (unpaired) electrons. The normalized spacial score (nSPS) is 18.6. The van der Waals surface area contributed by atoms with Crippen molar-refractivity contribution < 1.29 is 24.2 Å². The van der Waals surface area contributed by atoms with Crippen LogP contribution in [-0.2, 0) is 16.1 Å². The summed E-state index contributed by atoms with van der Waals surface area (Å²) in [5.74, 6) is -0.585. The average Bonchev–Trinajstić information content (AvgIpc) is 3.17. The molecule has 3 heterocycles. The monoisotopic (exact) mass is 478 g/mol. The van der Waals surface area contributed by atoms with Crippen LogP contribution < -0.4 is 9.47 Å². The van der Waals surface area contributed by atoms with Crippen LogP contribution in [0, 0.1) is 0 Å². The summed E-state index contributed by atoms with van der Waals surface area (Å²) in [6, 6.07) is 21.4. The molecule has 7 heteroatoms. The third kappa shape index (κ3) is 3.65. The molecule has 0 spiro atoms. The lowest BCUT2D eigenvalue weighted by Crippen LogP contribution is -2.29. The number of ketones is 1. The fourth-order valence-corrected chi connectivity index (χ4v) is 4.89. The molecule has 0 saturated carbocycles. The Balaban J connectivity index is 1.55. The Labute approximate surface area is 207 Å². The third-order valence-electron chi connectivity index (χ3n) is 6.58. The van der Waals surface area contributed by atoms with Crippen molar-refractivity contribution in [2.45, 2.75) is 12.6 Å². The zero-order valence-electron chi connectivity index (χ0n) is 19.3. The minimum Gasteiger partial charge on any atom is -0.507 e. The molecule has 1 atom stereocenters. The molecule has 1 fully saturated rings. The molecule has 4 aromatic rings. The fourth-order valence-electron chi connectivity index (χ4n) is 4.89. The lowest BCUT2D eigenvalue weighted by Gasteiger charge is -2.26. The van der Waals surface area contributed by atoms with Crippen LogP contribution in [0.2, 0.25) is 0 Å². The molecule has 1 N–H and O–H groups in total. The van der Waals surface area contributed by atoms with Crippen LogP contribution >= 0.6 is 0 Å². The summed E-state index contributed by atoms with van der Waals surface area (Å²) in [6.07, 6.45) is 3.29. The first-order valence-corrected chi connectivity index (χ1v) is 11.7. The van der Waals surface area contributed by atoms with Crippen molar-refractivity contribution >= 4 is 28.2 Å². The van der Waals surface area contributed by atoms with Crippen molar-refractivity contribution in [2.75, 3.05) is 13.2 Å². The zero-order chi connectivity index (χ0) is 24.6. The van der Waals surface area contributed by atoms with E-state index in [2.05, 4.69) is 4.98 Å². The Bertz CT molecular complexity index is 1520. The molecule has 1 unspecified atom stereocenters. The van der Waals surface area contributed by atoms with E-state index in [1.807, 2.05) is 42.5 Å². The molecule has 1 saturated heterocycles. The molecule has 6 rings (SSSR count). The molecular weight excluding hydrogens is 456 g/mol. The van der Waals surface area contributed by atoms with E-state index in [1.54, 1.807) is 42.7 Å². The van der Waals surface area contributed by atoms with Crippen LogP contribution in [-0.4, -0.2) is 39.9 Å². The number of Topliss-reactive ketones (excluding diaryl/α,β-unsaturated/α-hetero) is 1. The molecule has 1 aromatic heterocycles. The molecule has 0 aliphatic carbocycles. The smallest absolute Gasteiger partial charge is 0.295 e. The number of fused-ring (bicyclic) bond motifs is 2. The number of nitrogens with zero attached hydrogens (tertiary/aromatic N) is 2. The van der Waals surface area contributed by atoms with Gasteiger partial charge < -0.3 is 19.5 Å². The summed E-state index contributed by atoms with van der Waals surface area (Å²) in [4.78, 5) is 32.4. The van der Waals surface area contributed by atoms with Gasteiger partial charge in [-0.05, 0) is 52.2 Å². The van der Waals surface area contributed by atoms with Gasteiger partial charge in [0.2, 0.25) is 0 Å². The van der Waals surface area contributed by atoms with Gasteiger partial charge in [-0.3, -0.25) is 14.6 Å². The first kappa shape index (κ1) is 21.9. The van der Waals surface area contributed by atoms with Gasteiger partial charge in [0.25, 0.3) is 11.7 Å². The van der Waals surface area contributed by atoms with Crippen molar-refractivity contribution in [1.82, 2.24) is 9.88 Å². The summed E-state index contributed by atoms with van der Waals surface area (Å²) in [7, 11) is 0. The molecule has 2 aliphatic rings. The maximum absolute atomic E-state index is 13.5. The molecule has 2 aliphatic heterocycles. The van der Waals surface area contributed by atoms with E-state index in [0.29, 0.717) is 30.3 Å². The second kappa shape index (κ2) is 8.85. The third-order valence-corrected chi connectivity index (χ3v) is 6.58. The van der Waals surface area contributed by atoms with E-state index in [9.17, 15) is 14.7 Å². The number of pyridine rings is 1. The molecular formula is C29H22N2O5. The summed E-state index contributed by atoms with van der Waals surface area (Å²) in [6.45, 7) is 1.03. The second-order valence-corrected chi connectivity index (χ2v) is 8.71. The lowest BCUT2D eigenvalue weighted by atomic mass is 9.91. The van der Waals surface area contributed by atoms with E-state index in [1.165, 1.54) is 4.90 Å². The van der Waals surface area contributed by atoms with Crippen LogP contribution in [0.25, 0.3) is 16.5 Å². The second-order valence-electron chi connectivity index (χ2n) is 8.71. The number of aliphatic hydroxyl groups excluding tert-OH is 1. The summed E-state index contributed by atoms with van der Waals surface area (Å²) in [5, 5.41) is 13.3. The maximum atomic E-state index is 13.5. The zero-order valence-corrected chi connectivity index (χ0v) is 19.3. The van der Waals surface area contributed by atoms with Crippen LogP contribution in [0.4, 0.5) is 0 Å². The highest BCUT2D eigenvalue weighted by atomic mass is 16.6. The van der Waals surface area contributed by atoms with Crippen molar-refractivity contribution in [2.24, 2.45) is 0 Å². The number of aliphatic hydroxyl groups is 1. The van der Waals surface area contributed by atoms with Gasteiger partial charge in [0.05, 0.1) is 11.6 Å². The number of carbonyl (C=O) groups excluding carboxylic acids is 2. The maximum Gasteiger partial charge on any atom is 0.295 e. The first-order valence-electron chi connectivity index (χ1n) is 11.7. The van der Waals surface area contributed by atoms with Gasteiger partial charge in [-0.25, -0.2) is 0 Å². The van der Waals surface area contributed by atoms with Crippen LogP contribution in [0.5, 0.6) is 11.5 Å². The predicted molar refractivity (Wildman–Crippen MR) is 133 cm³/mol. The van der Waals surface area contributed by atoms with Crippen molar-refractivity contribution in [1.29, 1.82) is 0 Å². The van der Waals surface area contributed by atoms with E-state index >= 15 is 0 Å². The number of hydrogen-bond donors (Lipinski definition) is 1. The highest BCUT2D eigenvalue weighted by Gasteiger charge is 2.46. The molecule has 7 nitrogen and oxygen atoms in total. The van der Waals surface area contributed by atoms with Crippen LogP contribution in [0.3, 0.4) is 0 Å². The highest BCUT2D eigenvalue weighted by molar-refractivity contribution is 6.46. The van der Waals surface area contributed by atoms with Gasteiger partial charge in [0.1, 0.15) is 19.0 Å². The number of carbonyl (C=O) groups is 2. The van der Waals surface area contributed by atoms with Crippen molar-refractivity contribution in [3.05, 3.63) is 107 Å².